The number of hydrogen-bond acceptors (Lipinski definition) is 2. The first-order chi connectivity index (χ1) is 6.75. The predicted octanol–water partition coefficient (Wildman–Crippen LogP) is 0.870. The van der Waals surface area contributed by atoms with Crippen molar-refractivity contribution in [2.75, 3.05) is 6.54 Å². The molecule has 2 atom stereocenters. The summed E-state index contributed by atoms with van der Waals surface area (Å²) >= 11 is 0. The zero-order valence-corrected chi connectivity index (χ0v) is 7.91. The van der Waals surface area contributed by atoms with Crippen LogP contribution >= 0.6 is 0 Å². The van der Waals surface area contributed by atoms with Crippen molar-refractivity contribution in [1.82, 2.24) is 4.90 Å². The van der Waals surface area contributed by atoms with Crippen LogP contribution in [0.3, 0.4) is 0 Å². The summed E-state index contributed by atoms with van der Waals surface area (Å²) in [6.45, 7) is 1.36. The van der Waals surface area contributed by atoms with Gasteiger partial charge in [0.2, 0.25) is 0 Å². The smallest absolute Gasteiger partial charge is 0.471 e. The molecule has 0 radical (unpaired) electrons. The lowest BCUT2D eigenvalue weighted by Gasteiger charge is -2.24. The maximum absolute atomic E-state index is 12.1. The number of alkyl halides is 3. The number of carbonyl (C=O) groups is 2. The first-order valence-electron chi connectivity index (χ1n) is 4.35. The van der Waals surface area contributed by atoms with Gasteiger partial charge in [0.05, 0.1) is 0 Å². The Morgan fingerprint density at radius 3 is 2.33 bits per heavy atom. The molecule has 1 amide bonds. The molecule has 86 valence electrons. The lowest BCUT2D eigenvalue weighted by Crippen LogP contribution is -2.48. The summed E-state index contributed by atoms with van der Waals surface area (Å²) in [5, 5.41) is 8.71. The Morgan fingerprint density at radius 2 is 1.93 bits per heavy atom. The maximum atomic E-state index is 12.1. The van der Waals surface area contributed by atoms with Crippen LogP contribution in [0.2, 0.25) is 0 Å². The molecule has 1 N–H and O–H groups in total. The van der Waals surface area contributed by atoms with E-state index in [-0.39, 0.29) is 13.0 Å². The Hall–Kier alpha value is -1.27. The van der Waals surface area contributed by atoms with E-state index >= 15 is 0 Å². The summed E-state index contributed by atoms with van der Waals surface area (Å²) in [7, 11) is 0. The number of nitrogens with zero attached hydrogens (tertiary/aromatic N) is 1. The maximum Gasteiger partial charge on any atom is 0.471 e. The van der Waals surface area contributed by atoms with Crippen molar-refractivity contribution in [1.29, 1.82) is 0 Å². The van der Waals surface area contributed by atoms with Gasteiger partial charge in [0.1, 0.15) is 6.04 Å². The van der Waals surface area contributed by atoms with Crippen LogP contribution in [-0.2, 0) is 9.59 Å². The van der Waals surface area contributed by atoms with Crippen molar-refractivity contribution in [2.24, 2.45) is 5.92 Å². The minimum absolute atomic E-state index is 0.156. The second-order valence-corrected chi connectivity index (χ2v) is 3.55. The second kappa shape index (κ2) is 3.71. The Bertz CT molecular complexity index is 289. The number of hydrogen-bond donors (Lipinski definition) is 1. The van der Waals surface area contributed by atoms with E-state index in [1.807, 2.05) is 0 Å². The standard InChI is InChI=1S/C8H10F3NO3/c1-4-2-3-12(5(4)6(13)14)7(15)8(9,10)11/h4-5H,2-3H2,1H3,(H,13,14). The predicted molar refractivity (Wildman–Crippen MR) is 43.0 cm³/mol. The van der Waals surface area contributed by atoms with E-state index in [0.29, 0.717) is 4.90 Å². The van der Waals surface area contributed by atoms with Crippen molar-refractivity contribution in [3.63, 3.8) is 0 Å². The quantitative estimate of drug-likeness (QED) is 0.720. The number of carbonyl (C=O) groups excluding carboxylic acids is 1. The highest BCUT2D eigenvalue weighted by molar-refractivity contribution is 5.87. The summed E-state index contributed by atoms with van der Waals surface area (Å²) < 4.78 is 36.2. The molecule has 4 nitrogen and oxygen atoms in total. The summed E-state index contributed by atoms with van der Waals surface area (Å²) in [4.78, 5) is 21.9. The molecule has 15 heavy (non-hydrogen) atoms. The zero-order valence-electron chi connectivity index (χ0n) is 7.91. The third kappa shape index (κ3) is 2.21. The van der Waals surface area contributed by atoms with Crippen LogP contribution in [0.1, 0.15) is 13.3 Å². The molecule has 0 saturated carbocycles. The fourth-order valence-corrected chi connectivity index (χ4v) is 1.71. The van der Waals surface area contributed by atoms with Crippen molar-refractivity contribution in [2.45, 2.75) is 25.6 Å². The van der Waals surface area contributed by atoms with Crippen LogP contribution in [0.15, 0.2) is 0 Å². The molecular formula is C8H10F3NO3. The highest BCUT2D eigenvalue weighted by atomic mass is 19.4. The normalized spacial score (nSPS) is 26.8. The van der Waals surface area contributed by atoms with Crippen LogP contribution < -0.4 is 0 Å². The molecule has 1 saturated heterocycles. The van der Waals surface area contributed by atoms with Gasteiger partial charge in [0, 0.05) is 6.54 Å². The van der Waals surface area contributed by atoms with Gasteiger partial charge in [-0.15, -0.1) is 0 Å². The zero-order chi connectivity index (χ0) is 11.8. The average molecular weight is 225 g/mol. The highest BCUT2D eigenvalue weighted by Gasteiger charge is 2.49. The third-order valence-electron chi connectivity index (χ3n) is 2.46. The van der Waals surface area contributed by atoms with Gasteiger partial charge < -0.3 is 10.0 Å². The second-order valence-electron chi connectivity index (χ2n) is 3.55. The highest BCUT2D eigenvalue weighted by Crippen LogP contribution is 2.29. The van der Waals surface area contributed by atoms with Crippen molar-refractivity contribution < 1.29 is 27.9 Å². The van der Waals surface area contributed by atoms with Crippen molar-refractivity contribution >= 4 is 11.9 Å². The number of rotatable bonds is 1. The van der Waals surface area contributed by atoms with Gasteiger partial charge in [0.15, 0.2) is 0 Å². The van der Waals surface area contributed by atoms with E-state index in [0.717, 1.165) is 0 Å². The van der Waals surface area contributed by atoms with Crippen LogP contribution in [0.25, 0.3) is 0 Å². The van der Waals surface area contributed by atoms with Gasteiger partial charge in [-0.1, -0.05) is 6.92 Å². The lowest BCUT2D eigenvalue weighted by molar-refractivity contribution is -0.188. The summed E-state index contributed by atoms with van der Waals surface area (Å²) in [5.74, 6) is -3.91. The van der Waals surface area contributed by atoms with Gasteiger partial charge in [0.25, 0.3) is 0 Å². The van der Waals surface area contributed by atoms with Crippen molar-refractivity contribution in [3.05, 3.63) is 0 Å². The Balaban J connectivity index is 2.87. The van der Waals surface area contributed by atoms with Gasteiger partial charge in [-0.05, 0) is 12.3 Å². The first kappa shape index (κ1) is 11.8. The molecular weight excluding hydrogens is 215 g/mol. The molecule has 2 unspecified atom stereocenters. The van der Waals surface area contributed by atoms with Gasteiger partial charge in [-0.2, -0.15) is 13.2 Å². The van der Waals surface area contributed by atoms with Crippen LogP contribution in [-0.4, -0.2) is 40.6 Å². The van der Waals surface area contributed by atoms with Crippen molar-refractivity contribution in [3.8, 4) is 0 Å². The molecule has 1 heterocycles. The largest absolute Gasteiger partial charge is 0.480 e. The number of likely N-dealkylation sites (tertiary alicyclic amines) is 1. The van der Waals surface area contributed by atoms with Gasteiger partial charge in [-0.3, -0.25) is 4.79 Å². The number of halogens is 3. The molecule has 0 aromatic heterocycles. The summed E-state index contributed by atoms with van der Waals surface area (Å²) in [6.07, 6.45) is -4.73. The average Bonchev–Trinajstić information content (AvgIpc) is 2.43. The topological polar surface area (TPSA) is 57.6 Å². The van der Waals surface area contributed by atoms with Crippen LogP contribution in [0.5, 0.6) is 0 Å². The van der Waals surface area contributed by atoms with E-state index in [1.165, 1.54) is 6.92 Å². The SMILES string of the molecule is CC1CCN(C(=O)C(F)(F)F)C1C(=O)O. The lowest BCUT2D eigenvalue weighted by atomic mass is 10.0. The van der Waals surface area contributed by atoms with E-state index in [4.69, 9.17) is 5.11 Å². The molecule has 0 aliphatic carbocycles. The van der Waals surface area contributed by atoms with E-state index in [9.17, 15) is 22.8 Å². The molecule has 0 aromatic carbocycles. The number of aliphatic carboxylic acids is 1. The van der Waals surface area contributed by atoms with Gasteiger partial charge in [-0.25, -0.2) is 4.79 Å². The minimum atomic E-state index is -5.00. The Labute approximate surface area is 83.7 Å². The minimum Gasteiger partial charge on any atom is -0.480 e. The number of carboxylic acid groups (broad SMARTS) is 1. The van der Waals surface area contributed by atoms with Gasteiger partial charge >= 0.3 is 18.1 Å². The Kier molecular flexibility index (Phi) is 2.92. The molecule has 0 aromatic rings. The molecule has 1 fully saturated rings. The Morgan fingerprint density at radius 1 is 1.40 bits per heavy atom. The molecule has 0 spiro atoms. The molecule has 1 aliphatic heterocycles. The molecule has 1 aliphatic rings. The summed E-state index contributed by atoms with van der Waals surface area (Å²) in [6, 6.07) is -1.36. The van der Waals surface area contributed by atoms with E-state index < -0.39 is 30.0 Å². The number of carboxylic acids is 1. The van der Waals surface area contributed by atoms with E-state index in [1.54, 1.807) is 0 Å². The first-order valence-corrected chi connectivity index (χ1v) is 4.35. The number of amides is 1. The fourth-order valence-electron chi connectivity index (χ4n) is 1.71. The van der Waals surface area contributed by atoms with Crippen LogP contribution in [0, 0.1) is 5.92 Å². The van der Waals surface area contributed by atoms with E-state index in [2.05, 4.69) is 0 Å². The third-order valence-corrected chi connectivity index (χ3v) is 2.46. The molecule has 0 bridgehead atoms. The molecule has 1 rings (SSSR count). The van der Waals surface area contributed by atoms with Crippen LogP contribution in [0.4, 0.5) is 13.2 Å². The molecule has 7 heteroatoms. The summed E-state index contributed by atoms with van der Waals surface area (Å²) in [5.41, 5.74) is 0. The monoisotopic (exact) mass is 225 g/mol. The fraction of sp³-hybridized carbons (Fsp3) is 0.750.